The molecule has 0 radical (unpaired) electrons. The molecule has 0 atom stereocenters. The molecule has 0 aliphatic carbocycles. The lowest BCUT2D eigenvalue weighted by Gasteiger charge is -2.11. The van der Waals surface area contributed by atoms with E-state index >= 15 is 0 Å². The summed E-state index contributed by atoms with van der Waals surface area (Å²) in [7, 11) is 9.89. The van der Waals surface area contributed by atoms with Crippen LogP contribution in [0.15, 0.2) is 0 Å². The van der Waals surface area contributed by atoms with Crippen molar-refractivity contribution in [1.29, 1.82) is 0 Å². The number of hydrogen-bond acceptors (Lipinski definition) is 39. The van der Waals surface area contributed by atoms with Gasteiger partial charge in [0.2, 0.25) is 59.1 Å². The number of aliphatic hydroxyl groups is 3. The van der Waals surface area contributed by atoms with Crippen LogP contribution in [-0.2, 0) is 28.4 Å². The number of nitrogens with two attached hydrogens (primary N) is 10. The van der Waals surface area contributed by atoms with Gasteiger partial charge in [-0.1, -0.05) is 0 Å². The average molecular weight is 1200 g/mol. The van der Waals surface area contributed by atoms with Crippen molar-refractivity contribution >= 4 is 87.3 Å². The molecule has 0 unspecified atom stereocenters. The molecule has 0 spiro atoms. The van der Waals surface area contributed by atoms with Gasteiger partial charge in [-0.2, -0.15) is 49.8 Å². The van der Waals surface area contributed by atoms with Crippen LogP contribution in [0.5, 0.6) is 29.4 Å². The van der Waals surface area contributed by atoms with E-state index in [0.717, 1.165) is 6.42 Å². The number of hydrogen-bond donors (Lipinski definition) is 18. The lowest BCUT2D eigenvalue weighted by Crippen LogP contribution is -2.13. The largest absolute Gasteiger partial charge is 0.476 e. The molecule has 39 heteroatoms. The molecule has 39 nitrogen and oxygen atoms in total. The summed E-state index contributed by atoms with van der Waals surface area (Å²) in [5.41, 5.74) is 57.7. The maximum absolute atomic E-state index is 8.57. The van der Waals surface area contributed by atoms with Crippen LogP contribution in [0.4, 0.5) is 87.3 Å². The first kappa shape index (κ1) is 73.1. The molecule has 0 fully saturated rings. The first-order valence-corrected chi connectivity index (χ1v) is 25.3. The number of anilines is 15. The molecule has 474 valence electrons. The van der Waals surface area contributed by atoms with E-state index in [9.17, 15) is 0 Å². The highest BCUT2D eigenvalue weighted by Crippen LogP contribution is 2.30. The first-order valence-electron chi connectivity index (χ1n) is 25.3. The number of nitrogen functional groups attached to an aromatic ring is 10. The second-order valence-electron chi connectivity index (χ2n) is 15.4. The molecule has 5 aromatic heterocycles. The Morgan fingerprint density at radius 3 is 0.976 bits per heavy atom. The van der Waals surface area contributed by atoms with Crippen LogP contribution in [0.1, 0.15) is 26.2 Å². The van der Waals surface area contributed by atoms with Crippen molar-refractivity contribution in [3.05, 3.63) is 0 Å². The predicted octanol–water partition coefficient (Wildman–Crippen LogP) is -1.97. The lowest BCUT2D eigenvalue weighted by atomic mass is 10.4. The summed E-state index contributed by atoms with van der Waals surface area (Å²) in [5.74, 6) is 3.62. The Hall–Kier alpha value is -8.96. The summed E-state index contributed by atoms with van der Waals surface area (Å²) in [4.78, 5) is 38.8. The minimum Gasteiger partial charge on any atom is -0.476 e. The van der Waals surface area contributed by atoms with E-state index in [1.165, 1.54) is 7.11 Å². The molecule has 0 aliphatic rings. The smallest absolute Gasteiger partial charge is 0.246 e. The zero-order valence-corrected chi connectivity index (χ0v) is 48.3. The van der Waals surface area contributed by atoms with Crippen LogP contribution in [-0.4, -0.2) is 207 Å². The quantitative estimate of drug-likeness (QED) is 0.0157. The Balaban J connectivity index is 0.000000526. The number of ether oxygens (including phenoxy) is 11. The van der Waals surface area contributed by atoms with Crippen LogP contribution < -0.4 is 108 Å². The van der Waals surface area contributed by atoms with Crippen LogP contribution in [0.3, 0.4) is 0 Å². The second-order valence-corrected chi connectivity index (χ2v) is 15.4. The summed E-state index contributed by atoms with van der Waals surface area (Å²) in [5, 5.41) is 39.4. The van der Waals surface area contributed by atoms with Gasteiger partial charge in [0.15, 0.2) is 42.7 Å². The van der Waals surface area contributed by atoms with E-state index in [1.807, 2.05) is 6.92 Å². The number of rotatable bonds is 34. The molecule has 0 saturated carbocycles. The Kier molecular flexibility index (Phi) is 38.0. The molecule has 0 amide bonds. The zero-order valence-electron chi connectivity index (χ0n) is 48.3. The Labute approximate surface area is 485 Å². The van der Waals surface area contributed by atoms with Gasteiger partial charge in [0.25, 0.3) is 0 Å². The van der Waals surface area contributed by atoms with Crippen molar-refractivity contribution in [2.75, 3.05) is 226 Å². The van der Waals surface area contributed by atoms with Gasteiger partial charge in [0.05, 0.1) is 33.0 Å². The minimum absolute atomic E-state index is 0.0213. The van der Waals surface area contributed by atoms with Crippen molar-refractivity contribution in [2.45, 2.75) is 26.2 Å². The van der Waals surface area contributed by atoms with Gasteiger partial charge >= 0.3 is 0 Å². The van der Waals surface area contributed by atoms with Crippen LogP contribution in [0.25, 0.3) is 0 Å². The van der Waals surface area contributed by atoms with E-state index < -0.39 is 6.79 Å². The predicted molar refractivity (Wildman–Crippen MR) is 317 cm³/mol. The van der Waals surface area contributed by atoms with E-state index in [1.54, 1.807) is 35.2 Å². The number of aromatic nitrogens is 10. The lowest BCUT2D eigenvalue weighted by molar-refractivity contribution is -0.0844. The van der Waals surface area contributed by atoms with E-state index in [0.29, 0.717) is 111 Å². The summed E-state index contributed by atoms with van der Waals surface area (Å²) in [6.45, 7) is 5.76. The normalized spacial score (nSPS) is 10.2. The summed E-state index contributed by atoms with van der Waals surface area (Å²) in [6.07, 6.45) is 2.11. The summed E-state index contributed by atoms with van der Waals surface area (Å²) in [6, 6.07) is 0. The van der Waals surface area contributed by atoms with Crippen molar-refractivity contribution in [3.8, 4) is 29.4 Å². The van der Waals surface area contributed by atoms with Gasteiger partial charge in [0.1, 0.15) is 48.6 Å². The third-order valence-corrected chi connectivity index (χ3v) is 9.37. The first-order chi connectivity index (χ1) is 40.4. The van der Waals surface area contributed by atoms with Gasteiger partial charge in [-0.05, 0) is 13.3 Å². The summed E-state index contributed by atoms with van der Waals surface area (Å²) >= 11 is 0. The van der Waals surface area contributed by atoms with Gasteiger partial charge < -0.3 is 151 Å². The Bertz CT molecular complexity index is 2520. The highest BCUT2D eigenvalue weighted by molar-refractivity contribution is 5.71. The monoisotopic (exact) mass is 1200 g/mol. The Morgan fingerprint density at radius 2 is 0.655 bits per heavy atom. The molecule has 5 rings (SSSR count). The fourth-order valence-electron chi connectivity index (χ4n) is 5.62. The SMILES string of the molecule is CCOCCCOc1nc(N)nc(NC)c1N.CNc1nc(N)nc(OCCCOCCCO)c1N.CNc1nc(N)nc(OCCOCCO)c1N.CNc1nc(N)nc(OCOCO)c1N.CNc1nc(N)nc(OCOCOC)c1N. The summed E-state index contributed by atoms with van der Waals surface area (Å²) < 4.78 is 56.0. The topological polar surface area (TPSA) is 611 Å². The van der Waals surface area contributed by atoms with Crippen LogP contribution in [0.2, 0.25) is 0 Å². The van der Waals surface area contributed by atoms with Crippen LogP contribution in [0, 0.1) is 0 Å². The fraction of sp³-hybridized carbons (Fsp3) is 0.556. The van der Waals surface area contributed by atoms with Crippen molar-refractivity contribution in [1.82, 2.24) is 49.8 Å². The molecule has 0 bridgehead atoms. The van der Waals surface area contributed by atoms with E-state index in [4.69, 9.17) is 115 Å². The van der Waals surface area contributed by atoms with Gasteiger partial charge in [-0.25, -0.2) is 0 Å². The highest BCUT2D eigenvalue weighted by atomic mass is 16.7. The number of nitrogens with zero attached hydrogens (tertiary/aromatic N) is 10. The zero-order chi connectivity index (χ0) is 62.7. The average Bonchev–Trinajstić information content (AvgIpc) is 3.62. The third-order valence-electron chi connectivity index (χ3n) is 9.37. The minimum atomic E-state index is -0.445. The molecular weight excluding hydrogens is 1110 g/mol. The van der Waals surface area contributed by atoms with Crippen molar-refractivity contribution < 1.29 is 67.4 Å². The number of methoxy groups -OCH3 is 1. The molecule has 5 aromatic rings. The molecular formula is C45H85N25O14. The van der Waals surface area contributed by atoms with E-state index in [-0.39, 0.29) is 111 Å². The molecule has 5 heterocycles. The molecule has 84 heavy (non-hydrogen) atoms. The standard InChI is InChI=1S/C11H21N5O3.C10H19N5O2.C9H17N5O3.C8H15N5O3.C7H13N5O3/c1-14-9-8(12)10(16-11(13)15-9)19-7-3-6-18-5-2-4-17;1-3-16-5-4-6-17-9-7(11)8(13-2)14-10(12)15-9;1-12-7-6(10)8(14-9(11)13-7)17-5-4-16-3-2-15;1-11-6-5(9)7(13-8(10)12-6)16-4-15-3-14-2;1-10-5-4(8)6(12-7(9)11-5)15-3-14-2-13/h17H,2-7,12H2,1H3,(H3,13,14,15,16);3-6,11H2,1-2H3,(H3,12,13,14,15);15H,2-5,10H2,1H3,(H3,11,12,13,14);3-4,9H2,1-2H3,(H3,10,11,12,13);13H,2-3,8H2,1H3,(H3,9,10,11,12). The molecule has 0 aromatic carbocycles. The van der Waals surface area contributed by atoms with Crippen molar-refractivity contribution in [3.63, 3.8) is 0 Å². The van der Waals surface area contributed by atoms with Crippen LogP contribution >= 0.6 is 0 Å². The maximum atomic E-state index is 8.57. The molecule has 0 aliphatic heterocycles. The van der Waals surface area contributed by atoms with Gasteiger partial charge in [0, 0.05) is 88.2 Å². The van der Waals surface area contributed by atoms with E-state index in [2.05, 4.69) is 85.9 Å². The Morgan fingerprint density at radius 1 is 0.333 bits per heavy atom. The number of aliphatic hydroxyl groups excluding tert-OH is 3. The molecule has 28 N–H and O–H groups in total. The van der Waals surface area contributed by atoms with Gasteiger partial charge in [-0.3, -0.25) is 0 Å². The number of nitrogens with one attached hydrogen (secondary N) is 5. The van der Waals surface area contributed by atoms with Crippen molar-refractivity contribution in [2.24, 2.45) is 0 Å². The maximum Gasteiger partial charge on any atom is 0.246 e. The molecule has 0 saturated heterocycles. The van der Waals surface area contributed by atoms with Gasteiger partial charge in [-0.15, -0.1) is 0 Å². The fourth-order valence-corrected chi connectivity index (χ4v) is 5.62. The third kappa shape index (κ3) is 28.6. The highest BCUT2D eigenvalue weighted by Gasteiger charge is 2.15. The second kappa shape index (κ2) is 43.7.